The summed E-state index contributed by atoms with van der Waals surface area (Å²) in [6.45, 7) is 4.56. The second-order valence-corrected chi connectivity index (χ2v) is 9.27. The topological polar surface area (TPSA) is 61.4 Å². The van der Waals surface area contributed by atoms with Crippen LogP contribution in [0, 0.1) is 11.3 Å². The zero-order valence-corrected chi connectivity index (χ0v) is 17.6. The third-order valence-corrected chi connectivity index (χ3v) is 6.40. The number of allylic oxidation sites excluding steroid dienone is 3. The van der Waals surface area contributed by atoms with Crippen molar-refractivity contribution in [3.05, 3.63) is 47.7 Å². The minimum Gasteiger partial charge on any atom is -0.358 e. The number of hydrogen-bond donors (Lipinski definition) is 2. The number of nitrogens with one attached hydrogen (secondary N) is 2. The molecule has 0 fully saturated rings. The number of ketones is 1. The average molecular weight is 394 g/mol. The SMILES string of the molecule is CNC(=O)CN1c2ccccc2NC2=C(C(=O)CC(C)(C)C2)C1C1CC=CCC1. The van der Waals surface area contributed by atoms with E-state index in [1.807, 2.05) is 18.2 Å². The van der Waals surface area contributed by atoms with Crippen molar-refractivity contribution in [1.82, 2.24) is 5.32 Å². The summed E-state index contributed by atoms with van der Waals surface area (Å²) in [7, 11) is 1.67. The number of Topliss-reactive ketones (excluding diaryl/α,β-unsaturated/α-hetero) is 1. The lowest BCUT2D eigenvalue weighted by Crippen LogP contribution is -2.49. The smallest absolute Gasteiger partial charge is 0.239 e. The van der Waals surface area contributed by atoms with E-state index in [0.29, 0.717) is 12.3 Å². The highest BCUT2D eigenvalue weighted by Gasteiger charge is 2.43. The summed E-state index contributed by atoms with van der Waals surface area (Å²) < 4.78 is 0. The molecule has 1 aliphatic heterocycles. The van der Waals surface area contributed by atoms with Gasteiger partial charge in [-0.3, -0.25) is 9.59 Å². The van der Waals surface area contributed by atoms with Gasteiger partial charge in [-0.15, -0.1) is 0 Å². The van der Waals surface area contributed by atoms with Crippen molar-refractivity contribution in [3.8, 4) is 0 Å². The summed E-state index contributed by atoms with van der Waals surface area (Å²) in [6, 6.07) is 8.03. The Bertz CT molecular complexity index is 884. The highest BCUT2D eigenvalue weighted by atomic mass is 16.2. The fourth-order valence-corrected chi connectivity index (χ4v) is 5.10. The molecule has 2 aliphatic carbocycles. The first-order chi connectivity index (χ1) is 13.9. The van der Waals surface area contributed by atoms with Crippen molar-refractivity contribution in [2.45, 2.75) is 52.0 Å². The van der Waals surface area contributed by atoms with Crippen LogP contribution in [0.3, 0.4) is 0 Å². The number of fused-ring (bicyclic) bond motifs is 1. The first-order valence-electron chi connectivity index (χ1n) is 10.6. The van der Waals surface area contributed by atoms with Gasteiger partial charge in [0.25, 0.3) is 0 Å². The van der Waals surface area contributed by atoms with Crippen LogP contribution < -0.4 is 15.5 Å². The number of carbonyl (C=O) groups excluding carboxylic acids is 2. The minimum atomic E-state index is -0.0907. The van der Waals surface area contributed by atoms with Gasteiger partial charge in [0.2, 0.25) is 5.91 Å². The maximum atomic E-state index is 13.5. The third-order valence-electron chi connectivity index (χ3n) is 6.40. The molecular formula is C24H31N3O2. The van der Waals surface area contributed by atoms with Crippen LogP contribution in [0.2, 0.25) is 0 Å². The number of rotatable bonds is 3. The number of anilines is 2. The van der Waals surface area contributed by atoms with E-state index in [0.717, 1.165) is 48.3 Å². The van der Waals surface area contributed by atoms with Gasteiger partial charge >= 0.3 is 0 Å². The predicted octanol–water partition coefficient (Wildman–Crippen LogP) is 4.03. The molecule has 1 aromatic carbocycles. The highest BCUT2D eigenvalue weighted by Crippen LogP contribution is 2.46. The molecule has 2 N–H and O–H groups in total. The summed E-state index contributed by atoms with van der Waals surface area (Å²) in [6.07, 6.45) is 8.83. The van der Waals surface area contributed by atoms with Gasteiger partial charge in [0.1, 0.15) is 0 Å². The minimum absolute atomic E-state index is 0.0382. The number of hydrogen-bond acceptors (Lipinski definition) is 4. The number of para-hydroxylation sites is 2. The van der Waals surface area contributed by atoms with E-state index in [-0.39, 0.29) is 29.7 Å². The van der Waals surface area contributed by atoms with Crippen molar-refractivity contribution >= 4 is 23.1 Å². The summed E-state index contributed by atoms with van der Waals surface area (Å²) >= 11 is 0. The van der Waals surface area contributed by atoms with E-state index in [9.17, 15) is 9.59 Å². The normalized spacial score (nSPS) is 25.6. The van der Waals surface area contributed by atoms with Crippen LogP contribution in [-0.2, 0) is 9.59 Å². The van der Waals surface area contributed by atoms with E-state index in [2.05, 4.69) is 47.6 Å². The number of carbonyl (C=O) groups is 2. The Balaban J connectivity index is 1.89. The second-order valence-electron chi connectivity index (χ2n) is 9.27. The predicted molar refractivity (Wildman–Crippen MR) is 117 cm³/mol. The molecule has 0 aromatic heterocycles. The first-order valence-corrected chi connectivity index (χ1v) is 10.6. The Morgan fingerprint density at radius 2 is 2.03 bits per heavy atom. The Morgan fingerprint density at radius 1 is 1.24 bits per heavy atom. The van der Waals surface area contributed by atoms with E-state index >= 15 is 0 Å². The number of amides is 1. The van der Waals surface area contributed by atoms with Gasteiger partial charge in [0, 0.05) is 24.7 Å². The van der Waals surface area contributed by atoms with Crippen LogP contribution in [0.5, 0.6) is 0 Å². The standard InChI is InChI=1S/C24H31N3O2/c1-24(2)13-18-22(20(28)14-24)23(16-9-5-4-6-10-16)27(15-21(29)25-3)19-12-8-7-11-17(19)26-18/h4-5,7-8,11-12,16,23,26H,6,9-10,13-15H2,1-3H3,(H,25,29). The molecule has 154 valence electrons. The molecule has 2 unspecified atom stereocenters. The monoisotopic (exact) mass is 393 g/mol. The van der Waals surface area contributed by atoms with E-state index < -0.39 is 0 Å². The molecule has 2 atom stereocenters. The molecule has 1 heterocycles. The first kappa shape index (κ1) is 19.7. The zero-order valence-electron chi connectivity index (χ0n) is 17.6. The molecule has 0 saturated heterocycles. The average Bonchev–Trinajstić information content (AvgIpc) is 2.82. The Morgan fingerprint density at radius 3 is 2.76 bits per heavy atom. The maximum Gasteiger partial charge on any atom is 0.239 e. The molecule has 1 amide bonds. The van der Waals surface area contributed by atoms with Crippen LogP contribution in [0.25, 0.3) is 0 Å². The quantitative estimate of drug-likeness (QED) is 0.761. The van der Waals surface area contributed by atoms with Gasteiger partial charge in [0.05, 0.1) is 24.0 Å². The van der Waals surface area contributed by atoms with Crippen LogP contribution in [0.1, 0.15) is 46.0 Å². The molecule has 0 saturated carbocycles. The van der Waals surface area contributed by atoms with E-state index in [4.69, 9.17) is 0 Å². The molecule has 0 radical (unpaired) electrons. The zero-order chi connectivity index (χ0) is 20.6. The molecule has 5 heteroatoms. The maximum absolute atomic E-state index is 13.5. The van der Waals surface area contributed by atoms with Crippen molar-refractivity contribution in [2.24, 2.45) is 11.3 Å². The van der Waals surface area contributed by atoms with Gasteiger partial charge in [-0.2, -0.15) is 0 Å². The summed E-state index contributed by atoms with van der Waals surface area (Å²) in [5.74, 6) is 0.495. The van der Waals surface area contributed by atoms with Crippen LogP contribution in [0.4, 0.5) is 11.4 Å². The van der Waals surface area contributed by atoms with Gasteiger partial charge in [-0.1, -0.05) is 38.1 Å². The van der Waals surface area contributed by atoms with Gasteiger partial charge < -0.3 is 15.5 Å². The summed E-state index contributed by atoms with van der Waals surface area (Å²) in [4.78, 5) is 28.1. The largest absolute Gasteiger partial charge is 0.358 e. The second kappa shape index (κ2) is 7.69. The lowest BCUT2D eigenvalue weighted by molar-refractivity contribution is -0.120. The van der Waals surface area contributed by atoms with E-state index in [1.54, 1.807) is 7.05 Å². The molecule has 3 aliphatic rings. The van der Waals surface area contributed by atoms with Crippen molar-refractivity contribution in [3.63, 3.8) is 0 Å². The molecule has 0 bridgehead atoms. The van der Waals surface area contributed by atoms with Crippen LogP contribution in [-0.4, -0.2) is 31.3 Å². The van der Waals surface area contributed by atoms with E-state index in [1.165, 1.54) is 0 Å². The molecule has 1 aromatic rings. The molecular weight excluding hydrogens is 362 g/mol. The van der Waals surface area contributed by atoms with Gasteiger partial charge in [0.15, 0.2) is 5.78 Å². The van der Waals surface area contributed by atoms with Crippen molar-refractivity contribution in [1.29, 1.82) is 0 Å². The Labute approximate surface area is 173 Å². The molecule has 0 spiro atoms. The van der Waals surface area contributed by atoms with Crippen molar-refractivity contribution in [2.75, 3.05) is 23.8 Å². The van der Waals surface area contributed by atoms with Gasteiger partial charge in [-0.05, 0) is 49.1 Å². The third kappa shape index (κ3) is 3.83. The fourth-order valence-electron chi connectivity index (χ4n) is 5.10. The van der Waals surface area contributed by atoms with Crippen LogP contribution in [0.15, 0.2) is 47.7 Å². The Hall–Kier alpha value is -2.56. The summed E-state index contributed by atoms with van der Waals surface area (Å²) in [5, 5.41) is 6.37. The molecule has 4 rings (SSSR count). The molecule has 29 heavy (non-hydrogen) atoms. The Kier molecular flexibility index (Phi) is 5.24. The molecule has 5 nitrogen and oxygen atoms in total. The number of benzene rings is 1. The highest BCUT2D eigenvalue weighted by molar-refractivity contribution is 6.01. The van der Waals surface area contributed by atoms with Crippen LogP contribution >= 0.6 is 0 Å². The number of likely N-dealkylation sites (N-methyl/N-ethyl adjacent to an activating group) is 1. The van der Waals surface area contributed by atoms with Crippen molar-refractivity contribution < 1.29 is 9.59 Å². The lowest BCUT2D eigenvalue weighted by Gasteiger charge is -2.41. The fraction of sp³-hybridized carbons (Fsp3) is 0.500. The van der Waals surface area contributed by atoms with Gasteiger partial charge in [-0.25, -0.2) is 0 Å². The number of nitrogens with zero attached hydrogens (tertiary/aromatic N) is 1. The summed E-state index contributed by atoms with van der Waals surface area (Å²) in [5.41, 5.74) is 3.84. The lowest BCUT2D eigenvalue weighted by atomic mass is 9.71.